The topological polar surface area (TPSA) is 80.1 Å². The summed E-state index contributed by atoms with van der Waals surface area (Å²) in [7, 11) is 0. The summed E-state index contributed by atoms with van der Waals surface area (Å²) in [5, 5.41) is 12.1. The Morgan fingerprint density at radius 2 is 2.24 bits per heavy atom. The maximum absolute atomic E-state index is 13.1. The van der Waals surface area contributed by atoms with Gasteiger partial charge in [-0.1, -0.05) is 29.5 Å². The van der Waals surface area contributed by atoms with Gasteiger partial charge in [-0.25, -0.2) is 4.68 Å². The predicted octanol–water partition coefficient (Wildman–Crippen LogP) is 3.08. The van der Waals surface area contributed by atoms with Crippen molar-refractivity contribution in [3.8, 4) is 0 Å². The fraction of sp³-hybridized carbons (Fsp3) is 0.333. The molecule has 1 N–H and O–H groups in total. The first-order valence-electron chi connectivity index (χ1n) is 9.64. The molecule has 0 saturated carbocycles. The molecule has 0 bridgehead atoms. The SMILES string of the molecule is C=CC(=O)NCc1cn(C2CCCN(C(=O)c3cc4cc(C)ccc4s3)C2)nn1. The van der Waals surface area contributed by atoms with E-state index in [0.717, 1.165) is 34.3 Å². The first-order chi connectivity index (χ1) is 14.0. The molecule has 7 nitrogen and oxygen atoms in total. The molecule has 1 fully saturated rings. The van der Waals surface area contributed by atoms with Gasteiger partial charge in [-0.3, -0.25) is 9.59 Å². The van der Waals surface area contributed by atoms with Gasteiger partial charge in [-0.05, 0) is 43.4 Å². The number of aryl methyl sites for hydroxylation is 1. The van der Waals surface area contributed by atoms with Crippen molar-refractivity contribution in [2.45, 2.75) is 32.4 Å². The molecule has 0 radical (unpaired) electrons. The molecule has 1 atom stereocenters. The quantitative estimate of drug-likeness (QED) is 0.657. The number of benzene rings is 1. The largest absolute Gasteiger partial charge is 0.347 e. The number of rotatable bonds is 5. The lowest BCUT2D eigenvalue weighted by Gasteiger charge is -2.32. The average molecular weight is 410 g/mol. The van der Waals surface area contributed by atoms with Crippen LogP contribution >= 0.6 is 11.3 Å². The Kier molecular flexibility index (Phi) is 5.44. The predicted molar refractivity (Wildman–Crippen MR) is 113 cm³/mol. The maximum Gasteiger partial charge on any atom is 0.264 e. The van der Waals surface area contributed by atoms with Crippen LogP contribution in [0, 0.1) is 6.92 Å². The molecule has 1 aromatic carbocycles. The minimum absolute atomic E-state index is 0.0761. The summed E-state index contributed by atoms with van der Waals surface area (Å²) in [5.41, 5.74) is 1.88. The van der Waals surface area contributed by atoms with Gasteiger partial charge in [0.1, 0.15) is 5.69 Å². The molecule has 1 aliphatic rings. The van der Waals surface area contributed by atoms with Gasteiger partial charge >= 0.3 is 0 Å². The number of likely N-dealkylation sites (tertiary alicyclic amines) is 1. The van der Waals surface area contributed by atoms with Crippen LogP contribution in [0.15, 0.2) is 43.1 Å². The average Bonchev–Trinajstić information content (AvgIpc) is 3.38. The van der Waals surface area contributed by atoms with Gasteiger partial charge in [0.05, 0.1) is 23.7 Å². The maximum atomic E-state index is 13.1. The highest BCUT2D eigenvalue weighted by Gasteiger charge is 2.27. The van der Waals surface area contributed by atoms with E-state index in [1.807, 2.05) is 21.8 Å². The smallest absolute Gasteiger partial charge is 0.264 e. The van der Waals surface area contributed by atoms with Crippen LogP contribution in [-0.4, -0.2) is 44.8 Å². The molecule has 1 saturated heterocycles. The number of hydrogen-bond acceptors (Lipinski definition) is 5. The number of fused-ring (bicyclic) bond motifs is 1. The number of carbonyl (C=O) groups excluding carboxylic acids is 2. The van der Waals surface area contributed by atoms with Crippen molar-refractivity contribution in [3.05, 3.63) is 59.3 Å². The van der Waals surface area contributed by atoms with Crippen LogP contribution < -0.4 is 5.32 Å². The molecular formula is C21H23N5O2S. The summed E-state index contributed by atoms with van der Waals surface area (Å²) in [6.07, 6.45) is 4.93. The van der Waals surface area contributed by atoms with Crippen LogP contribution in [0.1, 0.15) is 39.8 Å². The lowest BCUT2D eigenvalue weighted by Crippen LogP contribution is -2.40. The first-order valence-corrected chi connectivity index (χ1v) is 10.5. The number of carbonyl (C=O) groups is 2. The van der Waals surface area contributed by atoms with E-state index in [4.69, 9.17) is 0 Å². The third-order valence-corrected chi connectivity index (χ3v) is 6.23. The molecule has 29 heavy (non-hydrogen) atoms. The zero-order valence-corrected chi connectivity index (χ0v) is 17.1. The fourth-order valence-corrected chi connectivity index (χ4v) is 4.61. The number of aromatic nitrogens is 3. The minimum atomic E-state index is -0.243. The molecule has 3 aromatic rings. The molecule has 4 rings (SSSR count). The lowest BCUT2D eigenvalue weighted by atomic mass is 10.1. The highest BCUT2D eigenvalue weighted by atomic mass is 32.1. The molecule has 1 unspecified atom stereocenters. The molecule has 2 amide bonds. The van der Waals surface area contributed by atoms with Gasteiger partial charge in [0.15, 0.2) is 0 Å². The Bertz CT molecular complexity index is 1070. The van der Waals surface area contributed by atoms with Crippen LogP contribution in [0.5, 0.6) is 0 Å². The molecule has 150 valence electrons. The Labute approximate surface area is 173 Å². The zero-order valence-electron chi connectivity index (χ0n) is 16.3. The Hall–Kier alpha value is -3.00. The summed E-state index contributed by atoms with van der Waals surface area (Å²) in [5.74, 6) is -0.167. The van der Waals surface area contributed by atoms with E-state index < -0.39 is 0 Å². The number of nitrogens with one attached hydrogen (secondary N) is 1. The Balaban J connectivity index is 1.45. The highest BCUT2D eigenvalue weighted by Crippen LogP contribution is 2.29. The van der Waals surface area contributed by atoms with Gasteiger partial charge in [0, 0.05) is 17.8 Å². The summed E-state index contributed by atoms with van der Waals surface area (Å²) in [6, 6.07) is 8.34. The van der Waals surface area contributed by atoms with E-state index in [9.17, 15) is 9.59 Å². The fourth-order valence-electron chi connectivity index (χ4n) is 3.60. The van der Waals surface area contributed by atoms with E-state index in [0.29, 0.717) is 18.8 Å². The number of thiophene rings is 1. The Morgan fingerprint density at radius 1 is 1.38 bits per heavy atom. The third kappa shape index (κ3) is 4.22. The van der Waals surface area contributed by atoms with Crippen molar-refractivity contribution < 1.29 is 9.59 Å². The van der Waals surface area contributed by atoms with Crippen LogP contribution in [0.4, 0.5) is 0 Å². The van der Waals surface area contributed by atoms with Crippen LogP contribution in [-0.2, 0) is 11.3 Å². The second kappa shape index (κ2) is 8.16. The summed E-state index contributed by atoms with van der Waals surface area (Å²) in [6.45, 7) is 7.15. The monoisotopic (exact) mass is 409 g/mol. The number of nitrogens with zero attached hydrogens (tertiary/aromatic N) is 4. The van der Waals surface area contributed by atoms with Crippen molar-refractivity contribution in [2.75, 3.05) is 13.1 Å². The van der Waals surface area contributed by atoms with Gasteiger partial charge in [-0.15, -0.1) is 16.4 Å². The molecule has 0 spiro atoms. The van der Waals surface area contributed by atoms with Crippen molar-refractivity contribution in [2.24, 2.45) is 0 Å². The number of piperidine rings is 1. The molecule has 1 aliphatic heterocycles. The van der Waals surface area contributed by atoms with Crippen molar-refractivity contribution >= 4 is 33.2 Å². The minimum Gasteiger partial charge on any atom is -0.347 e. The van der Waals surface area contributed by atoms with Crippen LogP contribution in [0.2, 0.25) is 0 Å². The normalized spacial score (nSPS) is 16.7. The Morgan fingerprint density at radius 3 is 3.07 bits per heavy atom. The van der Waals surface area contributed by atoms with Gasteiger partial charge < -0.3 is 10.2 Å². The van der Waals surface area contributed by atoms with Crippen molar-refractivity contribution in [1.82, 2.24) is 25.2 Å². The summed E-state index contributed by atoms with van der Waals surface area (Å²) in [4.78, 5) is 27.1. The van der Waals surface area contributed by atoms with Gasteiger partial charge in [0.2, 0.25) is 5.91 Å². The van der Waals surface area contributed by atoms with Gasteiger partial charge in [0.25, 0.3) is 5.91 Å². The van der Waals surface area contributed by atoms with Crippen LogP contribution in [0.25, 0.3) is 10.1 Å². The summed E-state index contributed by atoms with van der Waals surface area (Å²) >= 11 is 1.55. The van der Waals surface area contributed by atoms with E-state index in [-0.39, 0.29) is 17.9 Å². The third-order valence-electron chi connectivity index (χ3n) is 5.13. The van der Waals surface area contributed by atoms with E-state index in [1.54, 1.807) is 11.3 Å². The van der Waals surface area contributed by atoms with Crippen molar-refractivity contribution in [3.63, 3.8) is 0 Å². The molecule has 2 aromatic heterocycles. The highest BCUT2D eigenvalue weighted by molar-refractivity contribution is 7.20. The van der Waals surface area contributed by atoms with Crippen molar-refractivity contribution in [1.29, 1.82) is 0 Å². The second-order valence-corrected chi connectivity index (χ2v) is 8.39. The summed E-state index contributed by atoms with van der Waals surface area (Å²) < 4.78 is 2.94. The van der Waals surface area contributed by atoms with Crippen LogP contribution in [0.3, 0.4) is 0 Å². The first kappa shape index (κ1) is 19.3. The number of amides is 2. The standard InChI is InChI=1S/C21H23N5O2S/c1-3-20(27)22-11-16-12-26(24-23-16)17-5-4-8-25(13-17)21(28)19-10-15-9-14(2)6-7-18(15)29-19/h3,6-7,9-10,12,17H,1,4-5,8,11,13H2,2H3,(H,22,27). The lowest BCUT2D eigenvalue weighted by molar-refractivity contribution is -0.116. The van der Waals surface area contributed by atoms with E-state index in [1.165, 1.54) is 11.6 Å². The molecular weight excluding hydrogens is 386 g/mol. The zero-order chi connectivity index (χ0) is 20.4. The molecule has 8 heteroatoms. The van der Waals surface area contributed by atoms with E-state index >= 15 is 0 Å². The molecule has 3 heterocycles. The number of hydrogen-bond donors (Lipinski definition) is 1. The van der Waals surface area contributed by atoms with E-state index in [2.05, 4.69) is 47.3 Å². The van der Waals surface area contributed by atoms with Gasteiger partial charge in [-0.2, -0.15) is 0 Å². The second-order valence-electron chi connectivity index (χ2n) is 7.31. The molecule has 0 aliphatic carbocycles.